The van der Waals surface area contributed by atoms with Crippen molar-refractivity contribution in [2.75, 3.05) is 6.54 Å². The Bertz CT molecular complexity index is 736. The molecule has 21 heavy (non-hydrogen) atoms. The van der Waals surface area contributed by atoms with Crippen LogP contribution >= 0.6 is 23.2 Å². The van der Waals surface area contributed by atoms with Crippen LogP contribution in [0.25, 0.3) is 0 Å². The first-order valence-electron chi connectivity index (χ1n) is 5.93. The topological polar surface area (TPSA) is 59.1 Å². The summed E-state index contributed by atoms with van der Waals surface area (Å²) < 4.78 is 39.2. The standard InChI is InChI=1S/C13H11Cl2FN2O2S/c14-12-7-11(8-17-13(12)15)21(19,20)18-6-5-9-1-3-10(16)4-2-9/h1-4,7-8,18H,5-6H2. The van der Waals surface area contributed by atoms with Crippen molar-refractivity contribution in [2.24, 2.45) is 0 Å². The highest BCUT2D eigenvalue weighted by Crippen LogP contribution is 2.21. The number of hydrogen-bond acceptors (Lipinski definition) is 3. The summed E-state index contributed by atoms with van der Waals surface area (Å²) in [7, 11) is -3.71. The lowest BCUT2D eigenvalue weighted by molar-refractivity contribution is 0.581. The van der Waals surface area contributed by atoms with Gasteiger partial charge < -0.3 is 0 Å². The van der Waals surface area contributed by atoms with Crippen molar-refractivity contribution in [1.82, 2.24) is 9.71 Å². The smallest absolute Gasteiger partial charge is 0.242 e. The van der Waals surface area contributed by atoms with Crippen LogP contribution in [-0.2, 0) is 16.4 Å². The molecule has 0 saturated heterocycles. The van der Waals surface area contributed by atoms with Gasteiger partial charge in [-0.2, -0.15) is 0 Å². The van der Waals surface area contributed by atoms with Crippen molar-refractivity contribution in [1.29, 1.82) is 0 Å². The largest absolute Gasteiger partial charge is 0.242 e. The minimum atomic E-state index is -3.71. The molecule has 0 bridgehead atoms. The highest BCUT2D eigenvalue weighted by atomic mass is 35.5. The molecule has 0 amide bonds. The molecule has 1 aromatic carbocycles. The lowest BCUT2D eigenvalue weighted by Crippen LogP contribution is -2.26. The Morgan fingerprint density at radius 1 is 1.19 bits per heavy atom. The van der Waals surface area contributed by atoms with Gasteiger partial charge in [0.25, 0.3) is 0 Å². The Morgan fingerprint density at radius 3 is 2.48 bits per heavy atom. The number of rotatable bonds is 5. The van der Waals surface area contributed by atoms with E-state index in [4.69, 9.17) is 23.2 Å². The number of aromatic nitrogens is 1. The molecule has 0 fully saturated rings. The van der Waals surface area contributed by atoms with Crippen LogP contribution in [0.3, 0.4) is 0 Å². The number of sulfonamides is 1. The Morgan fingerprint density at radius 2 is 1.86 bits per heavy atom. The van der Waals surface area contributed by atoms with Gasteiger partial charge in [0.15, 0.2) is 0 Å². The zero-order valence-corrected chi connectivity index (χ0v) is 13.0. The second-order valence-electron chi connectivity index (χ2n) is 4.22. The summed E-state index contributed by atoms with van der Waals surface area (Å²) in [6, 6.07) is 7.09. The van der Waals surface area contributed by atoms with Crippen LogP contribution in [0.4, 0.5) is 4.39 Å². The van der Waals surface area contributed by atoms with E-state index in [0.717, 1.165) is 11.8 Å². The molecule has 112 valence electrons. The molecule has 0 aliphatic rings. The Balaban J connectivity index is 2.01. The molecule has 2 aromatic rings. The third kappa shape index (κ3) is 4.38. The van der Waals surface area contributed by atoms with Crippen molar-refractivity contribution in [2.45, 2.75) is 11.3 Å². The fourth-order valence-corrected chi connectivity index (χ4v) is 2.95. The highest BCUT2D eigenvalue weighted by Gasteiger charge is 2.15. The molecule has 0 spiro atoms. The second-order valence-corrected chi connectivity index (χ2v) is 6.75. The van der Waals surface area contributed by atoms with Crippen molar-refractivity contribution in [3.05, 3.63) is 58.1 Å². The third-order valence-corrected chi connectivity index (χ3v) is 4.81. The van der Waals surface area contributed by atoms with Gasteiger partial charge >= 0.3 is 0 Å². The van der Waals surface area contributed by atoms with Crippen molar-refractivity contribution in [3.63, 3.8) is 0 Å². The monoisotopic (exact) mass is 348 g/mol. The highest BCUT2D eigenvalue weighted by molar-refractivity contribution is 7.89. The number of benzene rings is 1. The van der Waals surface area contributed by atoms with E-state index in [9.17, 15) is 12.8 Å². The molecule has 0 atom stereocenters. The summed E-state index contributed by atoms with van der Waals surface area (Å²) in [5.74, 6) is -0.332. The van der Waals surface area contributed by atoms with Gasteiger partial charge in [-0.05, 0) is 30.2 Å². The van der Waals surface area contributed by atoms with E-state index in [1.165, 1.54) is 18.2 Å². The minimum Gasteiger partial charge on any atom is -0.242 e. The fraction of sp³-hybridized carbons (Fsp3) is 0.154. The molecule has 4 nitrogen and oxygen atoms in total. The molecule has 0 aliphatic heterocycles. The molecule has 0 radical (unpaired) electrons. The van der Waals surface area contributed by atoms with Crippen LogP contribution in [-0.4, -0.2) is 19.9 Å². The summed E-state index contributed by atoms with van der Waals surface area (Å²) in [5, 5.41) is 0.111. The zero-order chi connectivity index (χ0) is 15.5. The molecule has 0 saturated carbocycles. The molecular formula is C13H11Cl2FN2O2S. The predicted molar refractivity (Wildman–Crippen MR) is 79.5 cm³/mol. The van der Waals surface area contributed by atoms with Gasteiger partial charge in [-0.3, -0.25) is 0 Å². The van der Waals surface area contributed by atoms with Crippen molar-refractivity contribution < 1.29 is 12.8 Å². The molecule has 0 aliphatic carbocycles. The number of hydrogen-bond donors (Lipinski definition) is 1. The molecule has 8 heteroatoms. The van der Waals surface area contributed by atoms with E-state index < -0.39 is 10.0 Å². The van der Waals surface area contributed by atoms with E-state index in [2.05, 4.69) is 9.71 Å². The van der Waals surface area contributed by atoms with Gasteiger partial charge in [0.1, 0.15) is 15.9 Å². The van der Waals surface area contributed by atoms with Gasteiger partial charge in [0.2, 0.25) is 10.0 Å². The van der Waals surface area contributed by atoms with E-state index in [0.29, 0.717) is 6.42 Å². The van der Waals surface area contributed by atoms with E-state index in [1.807, 2.05) is 0 Å². The van der Waals surface area contributed by atoms with Crippen LogP contribution in [0.1, 0.15) is 5.56 Å². The van der Waals surface area contributed by atoms with Gasteiger partial charge in [0.05, 0.1) is 5.02 Å². The number of nitrogens with zero attached hydrogens (tertiary/aromatic N) is 1. The summed E-state index contributed by atoms with van der Waals surface area (Å²) in [6.45, 7) is 0.175. The third-order valence-electron chi connectivity index (χ3n) is 2.70. The average molecular weight is 349 g/mol. The summed E-state index contributed by atoms with van der Waals surface area (Å²) in [4.78, 5) is 3.63. The van der Waals surface area contributed by atoms with Crippen LogP contribution in [0.2, 0.25) is 10.2 Å². The predicted octanol–water partition coefficient (Wildman–Crippen LogP) is 3.05. The molecule has 1 heterocycles. The second kappa shape index (κ2) is 6.70. The fourth-order valence-electron chi connectivity index (χ4n) is 1.61. The van der Waals surface area contributed by atoms with Crippen LogP contribution in [0, 0.1) is 5.82 Å². The first-order chi connectivity index (χ1) is 9.88. The maximum atomic E-state index is 12.7. The summed E-state index contributed by atoms with van der Waals surface area (Å²) in [5.41, 5.74) is 0.825. The van der Waals surface area contributed by atoms with Crippen molar-refractivity contribution >= 4 is 33.2 Å². The summed E-state index contributed by atoms with van der Waals surface area (Å²) in [6.07, 6.45) is 1.57. The zero-order valence-electron chi connectivity index (χ0n) is 10.7. The maximum absolute atomic E-state index is 12.7. The van der Waals surface area contributed by atoms with Crippen molar-refractivity contribution in [3.8, 4) is 0 Å². The van der Waals surface area contributed by atoms with E-state index >= 15 is 0 Å². The number of pyridine rings is 1. The quantitative estimate of drug-likeness (QED) is 0.844. The lowest BCUT2D eigenvalue weighted by atomic mass is 10.1. The van der Waals surface area contributed by atoms with Crippen LogP contribution in [0.15, 0.2) is 41.4 Å². The van der Waals surface area contributed by atoms with Gasteiger partial charge in [0, 0.05) is 12.7 Å². The molecule has 0 unspecified atom stereocenters. The summed E-state index contributed by atoms with van der Waals surface area (Å²) >= 11 is 11.4. The van der Waals surface area contributed by atoms with Gasteiger partial charge in [-0.25, -0.2) is 22.5 Å². The van der Waals surface area contributed by atoms with Gasteiger partial charge in [-0.15, -0.1) is 0 Å². The van der Waals surface area contributed by atoms with Crippen LogP contribution in [0.5, 0.6) is 0 Å². The average Bonchev–Trinajstić information content (AvgIpc) is 2.44. The van der Waals surface area contributed by atoms with E-state index in [-0.39, 0.29) is 27.4 Å². The first-order valence-corrected chi connectivity index (χ1v) is 8.17. The Labute approximate surface area is 132 Å². The Hall–Kier alpha value is -1.21. The molecule has 1 N–H and O–H groups in total. The normalized spacial score (nSPS) is 11.6. The number of halogens is 3. The van der Waals surface area contributed by atoms with E-state index in [1.54, 1.807) is 12.1 Å². The SMILES string of the molecule is O=S(=O)(NCCc1ccc(F)cc1)c1cnc(Cl)c(Cl)c1. The molecular weight excluding hydrogens is 338 g/mol. The maximum Gasteiger partial charge on any atom is 0.242 e. The molecule has 2 rings (SSSR count). The first kappa shape index (κ1) is 16.2. The van der Waals surface area contributed by atoms with Crippen LogP contribution < -0.4 is 4.72 Å². The minimum absolute atomic E-state index is 0.0435. The Kier molecular flexibility index (Phi) is 5.16. The number of nitrogens with one attached hydrogen (secondary N) is 1. The van der Waals surface area contributed by atoms with Gasteiger partial charge in [-0.1, -0.05) is 35.3 Å². The molecule has 1 aromatic heterocycles. The lowest BCUT2D eigenvalue weighted by Gasteiger charge is -2.07.